The second kappa shape index (κ2) is 4.63. The van der Waals surface area contributed by atoms with Gasteiger partial charge in [0.05, 0.1) is 0 Å². The number of rotatable bonds is 3. The summed E-state index contributed by atoms with van der Waals surface area (Å²) < 4.78 is 0. The first kappa shape index (κ1) is 10.4. The van der Waals surface area contributed by atoms with Crippen molar-refractivity contribution in [2.45, 2.75) is 57.5 Å². The Labute approximate surface area is 87.8 Å². The van der Waals surface area contributed by atoms with Gasteiger partial charge in [0, 0.05) is 12.1 Å². The Morgan fingerprint density at radius 1 is 1.29 bits per heavy atom. The molecule has 1 aliphatic carbocycles. The molecule has 2 rings (SSSR count). The van der Waals surface area contributed by atoms with Crippen LogP contribution in [-0.2, 0) is 0 Å². The van der Waals surface area contributed by atoms with E-state index in [2.05, 4.69) is 11.8 Å². The highest BCUT2D eigenvalue weighted by atomic mass is 15.2. The number of likely N-dealkylation sites (tertiary alicyclic amines) is 1. The van der Waals surface area contributed by atoms with Crippen LogP contribution in [0.1, 0.15) is 45.4 Å². The third kappa shape index (κ3) is 1.96. The highest BCUT2D eigenvalue weighted by Crippen LogP contribution is 2.37. The van der Waals surface area contributed by atoms with Crippen LogP contribution >= 0.6 is 0 Å². The maximum Gasteiger partial charge on any atom is 0.0127 e. The van der Waals surface area contributed by atoms with Gasteiger partial charge in [-0.2, -0.15) is 0 Å². The summed E-state index contributed by atoms with van der Waals surface area (Å²) in [6.07, 6.45) is 8.46. The fourth-order valence-electron chi connectivity index (χ4n) is 3.40. The summed E-state index contributed by atoms with van der Waals surface area (Å²) in [6.45, 7) is 4.52. The topological polar surface area (TPSA) is 29.3 Å². The molecule has 1 saturated carbocycles. The first-order valence-corrected chi connectivity index (χ1v) is 6.28. The van der Waals surface area contributed by atoms with Gasteiger partial charge in [-0.1, -0.05) is 12.8 Å². The highest BCUT2D eigenvalue weighted by molar-refractivity contribution is 4.91. The summed E-state index contributed by atoms with van der Waals surface area (Å²) in [5, 5.41) is 0. The van der Waals surface area contributed by atoms with Crippen LogP contribution in [0.2, 0.25) is 0 Å². The van der Waals surface area contributed by atoms with Crippen molar-refractivity contribution in [3.8, 4) is 0 Å². The summed E-state index contributed by atoms with van der Waals surface area (Å²) >= 11 is 0. The molecule has 0 aromatic heterocycles. The van der Waals surface area contributed by atoms with Gasteiger partial charge in [-0.3, -0.25) is 4.90 Å². The average Bonchev–Trinajstić information content (AvgIpc) is 2.61. The molecule has 0 aromatic rings. The molecule has 2 aliphatic rings. The van der Waals surface area contributed by atoms with Crippen molar-refractivity contribution in [3.05, 3.63) is 0 Å². The van der Waals surface area contributed by atoms with E-state index in [0.29, 0.717) is 6.04 Å². The van der Waals surface area contributed by atoms with Gasteiger partial charge in [-0.05, 0) is 51.6 Å². The predicted molar refractivity (Wildman–Crippen MR) is 60.2 cm³/mol. The van der Waals surface area contributed by atoms with E-state index in [1.807, 2.05) is 0 Å². The van der Waals surface area contributed by atoms with E-state index in [9.17, 15) is 0 Å². The van der Waals surface area contributed by atoms with Gasteiger partial charge in [0.1, 0.15) is 0 Å². The Morgan fingerprint density at radius 2 is 2.07 bits per heavy atom. The maximum atomic E-state index is 5.64. The van der Waals surface area contributed by atoms with E-state index in [-0.39, 0.29) is 0 Å². The molecule has 2 heteroatoms. The molecule has 82 valence electrons. The SMILES string of the molecule is CC(CCN)N1CCC2CCCCC21. The van der Waals surface area contributed by atoms with Crippen LogP contribution in [-0.4, -0.2) is 30.1 Å². The van der Waals surface area contributed by atoms with Crippen molar-refractivity contribution < 1.29 is 0 Å². The number of nitrogens with two attached hydrogens (primary N) is 1. The van der Waals surface area contributed by atoms with Gasteiger partial charge in [0.25, 0.3) is 0 Å². The molecule has 0 radical (unpaired) electrons. The minimum Gasteiger partial charge on any atom is -0.330 e. The van der Waals surface area contributed by atoms with Crippen molar-refractivity contribution in [2.24, 2.45) is 11.7 Å². The van der Waals surface area contributed by atoms with Gasteiger partial charge in [0.2, 0.25) is 0 Å². The Balaban J connectivity index is 1.93. The lowest BCUT2D eigenvalue weighted by atomic mass is 9.85. The summed E-state index contributed by atoms with van der Waals surface area (Å²) in [5.74, 6) is 1.02. The molecule has 2 N–H and O–H groups in total. The van der Waals surface area contributed by atoms with E-state index in [1.165, 1.54) is 45.1 Å². The van der Waals surface area contributed by atoms with Crippen molar-refractivity contribution in [2.75, 3.05) is 13.1 Å². The fraction of sp³-hybridized carbons (Fsp3) is 1.00. The van der Waals surface area contributed by atoms with Crippen molar-refractivity contribution in [3.63, 3.8) is 0 Å². The van der Waals surface area contributed by atoms with Crippen LogP contribution in [0.15, 0.2) is 0 Å². The lowest BCUT2D eigenvalue weighted by molar-refractivity contribution is 0.136. The van der Waals surface area contributed by atoms with E-state index in [0.717, 1.165) is 18.5 Å². The molecule has 2 nitrogen and oxygen atoms in total. The van der Waals surface area contributed by atoms with E-state index < -0.39 is 0 Å². The Kier molecular flexibility index (Phi) is 3.45. The number of fused-ring (bicyclic) bond motifs is 1. The average molecular weight is 196 g/mol. The molecular weight excluding hydrogens is 172 g/mol. The quantitative estimate of drug-likeness (QED) is 0.748. The minimum atomic E-state index is 0.716. The molecule has 0 bridgehead atoms. The first-order chi connectivity index (χ1) is 6.83. The zero-order valence-electron chi connectivity index (χ0n) is 9.41. The minimum absolute atomic E-state index is 0.716. The second-order valence-corrected chi connectivity index (χ2v) is 5.06. The van der Waals surface area contributed by atoms with Crippen LogP contribution in [0.5, 0.6) is 0 Å². The lowest BCUT2D eigenvalue weighted by Crippen LogP contribution is -2.41. The maximum absolute atomic E-state index is 5.64. The molecule has 0 amide bonds. The van der Waals surface area contributed by atoms with Crippen LogP contribution in [0.4, 0.5) is 0 Å². The molecular formula is C12H24N2. The summed E-state index contributed by atoms with van der Waals surface area (Å²) in [5.41, 5.74) is 5.64. The number of hydrogen-bond donors (Lipinski definition) is 1. The van der Waals surface area contributed by atoms with Crippen molar-refractivity contribution in [1.82, 2.24) is 4.90 Å². The monoisotopic (exact) mass is 196 g/mol. The molecule has 0 aromatic carbocycles. The lowest BCUT2D eigenvalue weighted by Gasteiger charge is -2.35. The zero-order valence-corrected chi connectivity index (χ0v) is 9.41. The van der Waals surface area contributed by atoms with Crippen molar-refractivity contribution in [1.29, 1.82) is 0 Å². The fourth-order valence-corrected chi connectivity index (χ4v) is 3.40. The smallest absolute Gasteiger partial charge is 0.0127 e. The van der Waals surface area contributed by atoms with E-state index >= 15 is 0 Å². The Hall–Kier alpha value is -0.0800. The molecule has 2 fully saturated rings. The first-order valence-electron chi connectivity index (χ1n) is 6.28. The van der Waals surface area contributed by atoms with Crippen LogP contribution in [0.25, 0.3) is 0 Å². The molecule has 3 atom stereocenters. The summed E-state index contributed by atoms with van der Waals surface area (Å²) in [6, 6.07) is 1.62. The second-order valence-electron chi connectivity index (χ2n) is 5.06. The predicted octanol–water partition coefficient (Wildman–Crippen LogP) is 1.99. The standard InChI is InChI=1S/C12H24N2/c1-10(6-8-13)14-9-7-11-4-2-3-5-12(11)14/h10-12H,2-9,13H2,1H3. The summed E-state index contributed by atoms with van der Waals surface area (Å²) in [7, 11) is 0. The normalized spacial score (nSPS) is 35.6. The molecule has 1 heterocycles. The van der Waals surface area contributed by atoms with Crippen LogP contribution in [0, 0.1) is 5.92 Å². The van der Waals surface area contributed by atoms with Crippen molar-refractivity contribution >= 4 is 0 Å². The van der Waals surface area contributed by atoms with Gasteiger partial charge in [-0.25, -0.2) is 0 Å². The van der Waals surface area contributed by atoms with E-state index in [1.54, 1.807) is 0 Å². The molecule has 1 aliphatic heterocycles. The summed E-state index contributed by atoms with van der Waals surface area (Å²) in [4.78, 5) is 2.73. The van der Waals surface area contributed by atoms with Crippen LogP contribution in [0.3, 0.4) is 0 Å². The number of nitrogens with zero attached hydrogens (tertiary/aromatic N) is 1. The van der Waals surface area contributed by atoms with Gasteiger partial charge in [0.15, 0.2) is 0 Å². The Bertz CT molecular complexity index is 181. The molecule has 3 unspecified atom stereocenters. The van der Waals surface area contributed by atoms with Gasteiger partial charge >= 0.3 is 0 Å². The molecule has 0 spiro atoms. The van der Waals surface area contributed by atoms with E-state index in [4.69, 9.17) is 5.73 Å². The number of hydrogen-bond acceptors (Lipinski definition) is 2. The van der Waals surface area contributed by atoms with Gasteiger partial charge < -0.3 is 5.73 Å². The Morgan fingerprint density at radius 3 is 2.86 bits per heavy atom. The zero-order chi connectivity index (χ0) is 9.97. The molecule has 1 saturated heterocycles. The molecule has 14 heavy (non-hydrogen) atoms. The highest BCUT2D eigenvalue weighted by Gasteiger charge is 2.37. The third-order valence-corrected chi connectivity index (χ3v) is 4.20. The van der Waals surface area contributed by atoms with Gasteiger partial charge in [-0.15, -0.1) is 0 Å². The third-order valence-electron chi connectivity index (χ3n) is 4.20. The largest absolute Gasteiger partial charge is 0.330 e. The van der Waals surface area contributed by atoms with Crippen LogP contribution < -0.4 is 5.73 Å².